The van der Waals surface area contributed by atoms with Crippen LogP contribution in [0.15, 0.2) is 52.2 Å². The summed E-state index contributed by atoms with van der Waals surface area (Å²) in [6, 6.07) is 9.69. The Morgan fingerprint density at radius 2 is 1.94 bits per heavy atom. The molecule has 17 heavy (non-hydrogen) atoms. The smallest absolute Gasteiger partial charge is 0.318 e. The van der Waals surface area contributed by atoms with Gasteiger partial charge in [0.15, 0.2) is 0 Å². The molecule has 7 heteroatoms. The molecule has 0 radical (unpaired) electrons. The molecule has 3 aromatic rings. The molecule has 0 saturated carbocycles. The molecule has 0 fully saturated rings. The Morgan fingerprint density at radius 1 is 1.12 bits per heavy atom. The standard InChI is InChI=1S/C10H7N3O3S/c14-17(15,10-6-3-7-16-10)13-9-5-2-1-4-8(9)11-12-13/h1-7H. The fourth-order valence-corrected chi connectivity index (χ4v) is 2.66. The first-order valence-electron chi connectivity index (χ1n) is 4.79. The van der Waals surface area contributed by atoms with Gasteiger partial charge in [0, 0.05) is 0 Å². The molecule has 0 aliphatic carbocycles. The molecule has 86 valence electrons. The number of aromatic nitrogens is 3. The molecule has 0 atom stereocenters. The number of hydrogen-bond acceptors (Lipinski definition) is 5. The van der Waals surface area contributed by atoms with Crippen LogP contribution >= 0.6 is 0 Å². The van der Waals surface area contributed by atoms with Crippen molar-refractivity contribution in [3.8, 4) is 0 Å². The number of benzene rings is 1. The van der Waals surface area contributed by atoms with Gasteiger partial charge in [0.2, 0.25) is 5.09 Å². The molecule has 2 heterocycles. The molecule has 0 spiro atoms. The minimum absolute atomic E-state index is 0.159. The molecule has 0 unspecified atom stereocenters. The van der Waals surface area contributed by atoms with Gasteiger partial charge in [-0.3, -0.25) is 0 Å². The fraction of sp³-hybridized carbons (Fsp3) is 0. The average molecular weight is 249 g/mol. The highest BCUT2D eigenvalue weighted by Crippen LogP contribution is 2.18. The lowest BCUT2D eigenvalue weighted by Gasteiger charge is -2.00. The second kappa shape index (κ2) is 3.42. The normalized spacial score (nSPS) is 12.0. The number of para-hydroxylation sites is 1. The Labute approximate surface area is 96.5 Å². The average Bonchev–Trinajstić information content (AvgIpc) is 2.99. The van der Waals surface area contributed by atoms with E-state index in [1.54, 1.807) is 24.3 Å². The predicted octanol–water partition coefficient (Wildman–Crippen LogP) is 1.26. The number of hydrogen-bond donors (Lipinski definition) is 0. The summed E-state index contributed by atoms with van der Waals surface area (Å²) in [6.45, 7) is 0. The first kappa shape index (κ1) is 10.0. The van der Waals surface area contributed by atoms with Crippen LogP contribution in [0.25, 0.3) is 11.0 Å². The third-order valence-electron chi connectivity index (χ3n) is 2.30. The van der Waals surface area contributed by atoms with Gasteiger partial charge in [-0.15, -0.1) is 9.19 Å². The molecule has 3 rings (SSSR count). The van der Waals surface area contributed by atoms with E-state index in [4.69, 9.17) is 4.42 Å². The van der Waals surface area contributed by atoms with Gasteiger partial charge in [0.25, 0.3) is 0 Å². The predicted molar refractivity (Wildman–Crippen MR) is 58.8 cm³/mol. The molecule has 0 aliphatic heterocycles. The van der Waals surface area contributed by atoms with E-state index in [0.717, 1.165) is 4.09 Å². The van der Waals surface area contributed by atoms with Gasteiger partial charge >= 0.3 is 10.0 Å². The van der Waals surface area contributed by atoms with Crippen molar-refractivity contribution in [3.63, 3.8) is 0 Å². The molecule has 0 bridgehead atoms. The highest BCUT2D eigenvalue weighted by atomic mass is 32.2. The number of fused-ring (bicyclic) bond motifs is 1. The van der Waals surface area contributed by atoms with Crippen molar-refractivity contribution in [1.29, 1.82) is 0 Å². The van der Waals surface area contributed by atoms with E-state index in [-0.39, 0.29) is 5.09 Å². The van der Waals surface area contributed by atoms with Gasteiger partial charge in [0.1, 0.15) is 11.0 Å². The first-order chi connectivity index (χ1) is 8.19. The maximum absolute atomic E-state index is 12.1. The molecule has 0 aliphatic rings. The largest absolute Gasteiger partial charge is 0.451 e. The molecule has 0 saturated heterocycles. The van der Waals surface area contributed by atoms with Gasteiger partial charge < -0.3 is 4.42 Å². The monoisotopic (exact) mass is 249 g/mol. The molecule has 0 amide bonds. The van der Waals surface area contributed by atoms with Gasteiger partial charge in [-0.25, -0.2) is 0 Å². The van der Waals surface area contributed by atoms with E-state index < -0.39 is 10.0 Å². The Hall–Kier alpha value is -2.15. The second-order valence-corrected chi connectivity index (χ2v) is 5.06. The van der Waals surface area contributed by atoms with Crippen LogP contribution in [0.4, 0.5) is 0 Å². The van der Waals surface area contributed by atoms with Crippen LogP contribution in [-0.2, 0) is 10.0 Å². The van der Waals surface area contributed by atoms with Crippen LogP contribution in [0, 0.1) is 0 Å². The highest BCUT2D eigenvalue weighted by Gasteiger charge is 2.23. The van der Waals surface area contributed by atoms with Crippen LogP contribution in [0.2, 0.25) is 0 Å². The number of rotatable bonds is 2. The van der Waals surface area contributed by atoms with Crippen LogP contribution in [0.5, 0.6) is 0 Å². The summed E-state index contributed by atoms with van der Waals surface area (Å²) in [5.74, 6) is 0. The lowest BCUT2D eigenvalue weighted by Crippen LogP contribution is -2.13. The molecular weight excluding hydrogens is 242 g/mol. The zero-order chi connectivity index (χ0) is 11.9. The van der Waals surface area contributed by atoms with Crippen LogP contribution in [0.1, 0.15) is 0 Å². The Bertz CT molecular complexity index is 759. The van der Waals surface area contributed by atoms with E-state index in [0.29, 0.717) is 11.0 Å². The SMILES string of the molecule is O=S(=O)(c1ccco1)n1nnc2ccccc21. The molecule has 1 aromatic carbocycles. The third-order valence-corrected chi connectivity index (χ3v) is 3.76. The summed E-state index contributed by atoms with van der Waals surface area (Å²) in [7, 11) is -3.80. The van der Waals surface area contributed by atoms with Crippen LogP contribution in [0.3, 0.4) is 0 Å². The van der Waals surface area contributed by atoms with Crippen LogP contribution < -0.4 is 0 Å². The topological polar surface area (TPSA) is 78.0 Å². The lowest BCUT2D eigenvalue weighted by atomic mass is 10.3. The van der Waals surface area contributed by atoms with Gasteiger partial charge in [-0.2, -0.15) is 8.42 Å². The van der Waals surface area contributed by atoms with E-state index in [1.165, 1.54) is 18.4 Å². The maximum Gasteiger partial charge on any atom is 0.318 e. The maximum atomic E-state index is 12.1. The minimum atomic E-state index is -3.80. The summed E-state index contributed by atoms with van der Waals surface area (Å²) >= 11 is 0. The summed E-state index contributed by atoms with van der Waals surface area (Å²) in [5, 5.41) is 7.27. The third kappa shape index (κ3) is 1.43. The zero-order valence-electron chi connectivity index (χ0n) is 8.52. The molecular formula is C10H7N3O3S. The van der Waals surface area contributed by atoms with E-state index in [1.807, 2.05) is 0 Å². The van der Waals surface area contributed by atoms with Crippen molar-refractivity contribution in [3.05, 3.63) is 42.7 Å². The van der Waals surface area contributed by atoms with Crippen molar-refractivity contribution in [1.82, 2.24) is 14.4 Å². The number of nitrogens with zero attached hydrogens (tertiary/aromatic N) is 3. The van der Waals surface area contributed by atoms with Crippen molar-refractivity contribution < 1.29 is 12.8 Å². The molecule has 0 N–H and O–H groups in total. The van der Waals surface area contributed by atoms with E-state index in [9.17, 15) is 8.42 Å². The van der Waals surface area contributed by atoms with Crippen molar-refractivity contribution in [2.24, 2.45) is 0 Å². The summed E-state index contributed by atoms with van der Waals surface area (Å²) in [6.07, 6.45) is 1.30. The fourth-order valence-electron chi connectivity index (χ4n) is 1.52. The van der Waals surface area contributed by atoms with E-state index >= 15 is 0 Å². The lowest BCUT2D eigenvalue weighted by molar-refractivity contribution is 0.445. The Morgan fingerprint density at radius 3 is 2.71 bits per heavy atom. The Balaban J connectivity index is 2.30. The highest BCUT2D eigenvalue weighted by molar-refractivity contribution is 7.89. The summed E-state index contributed by atoms with van der Waals surface area (Å²) < 4.78 is 30.0. The van der Waals surface area contributed by atoms with Gasteiger partial charge in [0.05, 0.1) is 6.26 Å². The second-order valence-electron chi connectivity index (χ2n) is 3.36. The van der Waals surface area contributed by atoms with Gasteiger partial charge in [-0.1, -0.05) is 17.3 Å². The first-order valence-corrected chi connectivity index (χ1v) is 6.23. The quantitative estimate of drug-likeness (QED) is 0.683. The molecule has 2 aromatic heterocycles. The van der Waals surface area contributed by atoms with Crippen molar-refractivity contribution in [2.45, 2.75) is 5.09 Å². The van der Waals surface area contributed by atoms with Gasteiger partial charge in [-0.05, 0) is 24.3 Å². The van der Waals surface area contributed by atoms with Crippen molar-refractivity contribution >= 4 is 21.1 Å². The Kier molecular flexibility index (Phi) is 2.02. The van der Waals surface area contributed by atoms with Crippen LogP contribution in [-0.4, -0.2) is 22.8 Å². The molecule has 6 nitrogen and oxygen atoms in total. The van der Waals surface area contributed by atoms with E-state index in [2.05, 4.69) is 10.3 Å². The summed E-state index contributed by atoms with van der Waals surface area (Å²) in [4.78, 5) is 0. The zero-order valence-corrected chi connectivity index (χ0v) is 9.33. The minimum Gasteiger partial charge on any atom is -0.451 e. The number of furan rings is 1. The van der Waals surface area contributed by atoms with Crippen molar-refractivity contribution in [2.75, 3.05) is 0 Å². The summed E-state index contributed by atoms with van der Waals surface area (Å²) in [5.41, 5.74) is 0.937.